The van der Waals surface area contributed by atoms with Crippen molar-refractivity contribution in [3.63, 3.8) is 0 Å². The monoisotopic (exact) mass is 476 g/mol. The maximum Gasteiger partial charge on any atom is 0.341 e. The van der Waals surface area contributed by atoms with Crippen molar-refractivity contribution in [2.45, 2.75) is 52.4 Å². The number of esters is 2. The van der Waals surface area contributed by atoms with Crippen molar-refractivity contribution in [1.29, 1.82) is 0 Å². The number of nitrogens with one attached hydrogen (secondary N) is 2. The quantitative estimate of drug-likeness (QED) is 0.486. The van der Waals surface area contributed by atoms with Gasteiger partial charge in [-0.15, -0.1) is 22.7 Å². The molecule has 0 spiro atoms. The summed E-state index contributed by atoms with van der Waals surface area (Å²) in [5.41, 5.74) is 2.47. The van der Waals surface area contributed by atoms with E-state index in [1.54, 1.807) is 13.8 Å². The summed E-state index contributed by atoms with van der Waals surface area (Å²) in [5.74, 6) is -2.80. The lowest BCUT2D eigenvalue weighted by atomic mass is 10.1. The molecular formula is C22H24N2O6S2. The van der Waals surface area contributed by atoms with Crippen LogP contribution in [-0.4, -0.2) is 37.0 Å². The van der Waals surface area contributed by atoms with E-state index in [0.29, 0.717) is 21.1 Å². The van der Waals surface area contributed by atoms with Crippen molar-refractivity contribution < 1.29 is 28.7 Å². The fourth-order valence-electron chi connectivity index (χ4n) is 4.14. The highest BCUT2D eigenvalue weighted by Gasteiger charge is 2.31. The molecule has 2 aromatic rings. The maximum atomic E-state index is 12.7. The number of aryl methyl sites for hydroxylation is 2. The van der Waals surface area contributed by atoms with Crippen molar-refractivity contribution in [1.82, 2.24) is 0 Å². The number of amides is 2. The molecule has 0 bridgehead atoms. The first-order valence-electron chi connectivity index (χ1n) is 10.7. The molecule has 0 saturated heterocycles. The van der Waals surface area contributed by atoms with Gasteiger partial charge in [-0.3, -0.25) is 9.59 Å². The molecule has 0 fully saturated rings. The SMILES string of the molecule is CCOC(=O)c1c(NC(=O)C(=O)Nc2sc3c(c2C(=O)OCC)CCC3)sc2c1CCC2. The number of rotatable bonds is 6. The van der Waals surface area contributed by atoms with Gasteiger partial charge in [0, 0.05) is 9.75 Å². The van der Waals surface area contributed by atoms with Crippen LogP contribution in [0.1, 0.15) is 68.3 Å². The van der Waals surface area contributed by atoms with Crippen LogP contribution in [0.15, 0.2) is 0 Å². The van der Waals surface area contributed by atoms with Crippen molar-refractivity contribution in [2.75, 3.05) is 23.8 Å². The second-order valence-corrected chi connectivity index (χ2v) is 9.68. The van der Waals surface area contributed by atoms with Gasteiger partial charge in [0.25, 0.3) is 0 Å². The summed E-state index contributed by atoms with van der Waals surface area (Å²) in [6.45, 7) is 3.87. The van der Waals surface area contributed by atoms with Gasteiger partial charge >= 0.3 is 23.8 Å². The molecule has 0 saturated carbocycles. The van der Waals surface area contributed by atoms with E-state index in [0.717, 1.165) is 59.4 Å². The third-order valence-corrected chi connectivity index (χ3v) is 7.88. The van der Waals surface area contributed by atoms with Gasteiger partial charge in [-0.1, -0.05) is 0 Å². The molecule has 0 aromatic carbocycles. The lowest BCUT2D eigenvalue weighted by Gasteiger charge is -2.09. The first kappa shape index (κ1) is 22.5. The van der Waals surface area contributed by atoms with Gasteiger partial charge < -0.3 is 20.1 Å². The third-order valence-electron chi connectivity index (χ3n) is 5.46. The summed E-state index contributed by atoms with van der Waals surface area (Å²) in [7, 11) is 0. The molecule has 2 amide bonds. The summed E-state index contributed by atoms with van der Waals surface area (Å²) in [5, 5.41) is 5.81. The normalized spacial score (nSPS) is 13.9. The average molecular weight is 477 g/mol. The Labute approximate surface area is 193 Å². The molecule has 2 aliphatic carbocycles. The van der Waals surface area contributed by atoms with Crippen molar-refractivity contribution in [3.05, 3.63) is 32.0 Å². The van der Waals surface area contributed by atoms with E-state index in [-0.39, 0.29) is 13.2 Å². The Morgan fingerprint density at radius 3 is 1.50 bits per heavy atom. The van der Waals surface area contributed by atoms with Gasteiger partial charge in [0.1, 0.15) is 10.0 Å². The molecule has 10 heteroatoms. The smallest absolute Gasteiger partial charge is 0.341 e. The highest BCUT2D eigenvalue weighted by atomic mass is 32.1. The minimum atomic E-state index is -0.904. The number of fused-ring (bicyclic) bond motifs is 2. The van der Waals surface area contributed by atoms with E-state index in [9.17, 15) is 19.2 Å². The predicted octanol–water partition coefficient (Wildman–Crippen LogP) is 3.72. The largest absolute Gasteiger partial charge is 0.462 e. The Kier molecular flexibility index (Phi) is 6.61. The van der Waals surface area contributed by atoms with Crippen LogP contribution in [-0.2, 0) is 44.7 Å². The van der Waals surface area contributed by atoms with Crippen molar-refractivity contribution >= 4 is 56.4 Å². The highest BCUT2D eigenvalue weighted by Crippen LogP contribution is 2.41. The molecule has 2 aromatic heterocycles. The van der Waals surface area contributed by atoms with Crippen LogP contribution < -0.4 is 10.6 Å². The molecule has 0 unspecified atom stereocenters. The van der Waals surface area contributed by atoms with Crippen molar-refractivity contribution in [3.8, 4) is 0 Å². The minimum Gasteiger partial charge on any atom is -0.462 e. The molecule has 4 rings (SSSR count). The summed E-state index contributed by atoms with van der Waals surface area (Å²) in [6, 6.07) is 0. The zero-order chi connectivity index (χ0) is 22.8. The van der Waals surface area contributed by atoms with Crippen LogP contribution in [0.4, 0.5) is 10.0 Å². The zero-order valence-electron chi connectivity index (χ0n) is 17.9. The van der Waals surface area contributed by atoms with Gasteiger partial charge in [-0.05, 0) is 63.5 Å². The number of ether oxygens (including phenoxy) is 2. The number of carbonyl (C=O) groups is 4. The molecule has 0 aliphatic heterocycles. The van der Waals surface area contributed by atoms with E-state index in [4.69, 9.17) is 9.47 Å². The van der Waals surface area contributed by atoms with Crippen molar-refractivity contribution in [2.24, 2.45) is 0 Å². The second kappa shape index (κ2) is 9.41. The predicted molar refractivity (Wildman–Crippen MR) is 122 cm³/mol. The van der Waals surface area contributed by atoms with Crippen LogP contribution in [0.5, 0.6) is 0 Å². The van der Waals surface area contributed by atoms with Crippen LogP contribution >= 0.6 is 22.7 Å². The van der Waals surface area contributed by atoms with E-state index < -0.39 is 23.8 Å². The Morgan fingerprint density at radius 1 is 0.719 bits per heavy atom. The zero-order valence-corrected chi connectivity index (χ0v) is 19.6. The molecule has 170 valence electrons. The summed E-state index contributed by atoms with van der Waals surface area (Å²) in [4.78, 5) is 52.4. The van der Waals surface area contributed by atoms with Gasteiger partial charge in [0.2, 0.25) is 0 Å². The first-order chi connectivity index (χ1) is 15.4. The number of hydrogen-bond donors (Lipinski definition) is 2. The fourth-order valence-corrected chi connectivity index (χ4v) is 6.69. The Morgan fingerprint density at radius 2 is 1.12 bits per heavy atom. The molecule has 2 N–H and O–H groups in total. The molecule has 0 radical (unpaired) electrons. The lowest BCUT2D eigenvalue weighted by molar-refractivity contribution is -0.132. The molecule has 0 atom stereocenters. The highest BCUT2D eigenvalue weighted by molar-refractivity contribution is 7.17. The van der Waals surface area contributed by atoms with Gasteiger partial charge in [-0.2, -0.15) is 0 Å². The summed E-state index contributed by atoms with van der Waals surface area (Å²) in [6.07, 6.45) is 5.04. The molecule has 32 heavy (non-hydrogen) atoms. The summed E-state index contributed by atoms with van der Waals surface area (Å²) < 4.78 is 10.3. The van der Waals surface area contributed by atoms with E-state index in [1.165, 1.54) is 22.7 Å². The Balaban J connectivity index is 1.54. The number of thiophene rings is 2. The van der Waals surface area contributed by atoms with Crippen LogP contribution in [0.3, 0.4) is 0 Å². The van der Waals surface area contributed by atoms with Gasteiger partial charge in [-0.25, -0.2) is 9.59 Å². The summed E-state index contributed by atoms with van der Waals surface area (Å²) >= 11 is 2.61. The standard InChI is InChI=1S/C22H24N2O6S2/c1-3-29-21(27)15-11-7-5-9-13(11)31-19(15)23-17(25)18(26)24-20-16(22(28)30-4-2)12-8-6-10-14(12)32-20/h3-10H2,1-2H3,(H,23,25)(H,24,26). The van der Waals surface area contributed by atoms with Gasteiger partial charge in [0.05, 0.1) is 24.3 Å². The van der Waals surface area contributed by atoms with E-state index in [2.05, 4.69) is 10.6 Å². The number of carbonyl (C=O) groups excluding carboxylic acids is 4. The topological polar surface area (TPSA) is 111 Å². The molecule has 2 heterocycles. The molecule has 2 aliphatic rings. The van der Waals surface area contributed by atoms with Gasteiger partial charge in [0.15, 0.2) is 0 Å². The molecular weight excluding hydrogens is 452 g/mol. The second-order valence-electron chi connectivity index (χ2n) is 7.47. The van der Waals surface area contributed by atoms with Crippen LogP contribution in [0.25, 0.3) is 0 Å². The molecule has 8 nitrogen and oxygen atoms in total. The third kappa shape index (κ3) is 4.16. The first-order valence-corrected chi connectivity index (χ1v) is 12.3. The average Bonchev–Trinajstić information content (AvgIpc) is 3.48. The Bertz CT molecular complexity index is 1010. The fraction of sp³-hybridized carbons (Fsp3) is 0.455. The van der Waals surface area contributed by atoms with E-state index >= 15 is 0 Å². The lowest BCUT2D eigenvalue weighted by Crippen LogP contribution is -2.29. The van der Waals surface area contributed by atoms with Crippen LogP contribution in [0, 0.1) is 0 Å². The van der Waals surface area contributed by atoms with Crippen LogP contribution in [0.2, 0.25) is 0 Å². The maximum absolute atomic E-state index is 12.7. The van der Waals surface area contributed by atoms with E-state index in [1.807, 2.05) is 0 Å². The Hall–Kier alpha value is -2.72. The minimum absolute atomic E-state index is 0.219. The number of hydrogen-bond acceptors (Lipinski definition) is 8. The number of anilines is 2.